The Balaban J connectivity index is 2.39. The fourth-order valence-corrected chi connectivity index (χ4v) is 1.93. The second-order valence-corrected chi connectivity index (χ2v) is 4.17. The molecule has 1 aliphatic heterocycles. The molecule has 1 heterocycles. The van der Waals surface area contributed by atoms with E-state index in [9.17, 15) is 5.21 Å². The quantitative estimate of drug-likeness (QED) is 0.666. The first-order chi connectivity index (χ1) is 6.63. The molecule has 0 fully saturated rings. The van der Waals surface area contributed by atoms with Gasteiger partial charge in [-0.1, -0.05) is 23.8 Å². The minimum Gasteiger partial charge on any atom is -0.629 e. The molecule has 2 atom stereocenters. The third kappa shape index (κ3) is 1.37. The SMILES string of the molecule is Cc1cccc(C2(C)CC=C[NH+]2[O-])c1. The van der Waals surface area contributed by atoms with E-state index >= 15 is 0 Å². The molecule has 0 saturated heterocycles. The van der Waals surface area contributed by atoms with Crippen LogP contribution in [0, 0.1) is 12.1 Å². The van der Waals surface area contributed by atoms with E-state index in [1.165, 1.54) is 5.56 Å². The van der Waals surface area contributed by atoms with Gasteiger partial charge in [-0.3, -0.25) is 0 Å². The van der Waals surface area contributed by atoms with Gasteiger partial charge in [-0.15, -0.1) is 0 Å². The lowest BCUT2D eigenvalue weighted by atomic mass is 9.89. The van der Waals surface area contributed by atoms with Crippen LogP contribution in [0.15, 0.2) is 36.5 Å². The van der Waals surface area contributed by atoms with Crippen molar-refractivity contribution in [3.8, 4) is 0 Å². The number of hydroxylamine groups is 2. The molecule has 0 aromatic heterocycles. The summed E-state index contributed by atoms with van der Waals surface area (Å²) in [6.45, 7) is 4.07. The highest BCUT2D eigenvalue weighted by Crippen LogP contribution is 2.25. The molecule has 2 nitrogen and oxygen atoms in total. The molecule has 0 radical (unpaired) electrons. The van der Waals surface area contributed by atoms with Gasteiger partial charge in [-0.25, -0.2) is 0 Å². The number of aryl methyl sites for hydroxylation is 1. The molecule has 2 unspecified atom stereocenters. The smallest absolute Gasteiger partial charge is 0.128 e. The van der Waals surface area contributed by atoms with Crippen molar-refractivity contribution in [1.82, 2.24) is 0 Å². The third-order valence-electron chi connectivity index (χ3n) is 2.99. The van der Waals surface area contributed by atoms with Gasteiger partial charge < -0.3 is 10.3 Å². The predicted octanol–water partition coefficient (Wildman–Crippen LogP) is 1.51. The molecule has 14 heavy (non-hydrogen) atoms. The average Bonchev–Trinajstić information content (AvgIpc) is 2.49. The van der Waals surface area contributed by atoms with Crippen LogP contribution in [-0.2, 0) is 5.54 Å². The first-order valence-corrected chi connectivity index (χ1v) is 4.91. The molecule has 0 saturated carbocycles. The Labute approximate surface area is 84.4 Å². The van der Waals surface area contributed by atoms with Crippen LogP contribution in [0.3, 0.4) is 0 Å². The second kappa shape index (κ2) is 3.23. The van der Waals surface area contributed by atoms with Crippen LogP contribution in [-0.4, -0.2) is 0 Å². The number of hydrogen-bond donors (Lipinski definition) is 1. The zero-order valence-corrected chi connectivity index (χ0v) is 8.58. The molecule has 0 bridgehead atoms. The summed E-state index contributed by atoms with van der Waals surface area (Å²) >= 11 is 0. The molecular weight excluding hydrogens is 174 g/mol. The minimum atomic E-state index is -0.313. The Morgan fingerprint density at radius 2 is 2.21 bits per heavy atom. The summed E-state index contributed by atoms with van der Waals surface area (Å²) in [5.74, 6) is 0. The van der Waals surface area contributed by atoms with Crippen LogP contribution in [0.1, 0.15) is 24.5 Å². The highest BCUT2D eigenvalue weighted by atomic mass is 16.5. The van der Waals surface area contributed by atoms with Crippen LogP contribution in [0.4, 0.5) is 0 Å². The van der Waals surface area contributed by atoms with E-state index in [1.54, 1.807) is 6.20 Å². The molecule has 0 aliphatic carbocycles. The zero-order valence-electron chi connectivity index (χ0n) is 8.58. The van der Waals surface area contributed by atoms with Crippen LogP contribution >= 0.6 is 0 Å². The van der Waals surface area contributed by atoms with Crippen LogP contribution in [0.5, 0.6) is 0 Å². The third-order valence-corrected chi connectivity index (χ3v) is 2.99. The molecule has 2 rings (SSSR count). The highest BCUT2D eigenvalue weighted by Gasteiger charge is 2.34. The lowest BCUT2D eigenvalue weighted by Gasteiger charge is -2.34. The van der Waals surface area contributed by atoms with Gasteiger partial charge in [-0.2, -0.15) is 0 Å². The first-order valence-electron chi connectivity index (χ1n) is 4.91. The van der Waals surface area contributed by atoms with Crippen molar-refractivity contribution in [1.29, 1.82) is 0 Å². The van der Waals surface area contributed by atoms with Crippen molar-refractivity contribution in [3.05, 3.63) is 52.9 Å². The van der Waals surface area contributed by atoms with Gasteiger partial charge in [0.05, 0.1) is 6.20 Å². The summed E-state index contributed by atoms with van der Waals surface area (Å²) in [5, 5.41) is 11.9. The van der Waals surface area contributed by atoms with Crippen molar-refractivity contribution in [3.63, 3.8) is 0 Å². The number of quaternary nitrogens is 1. The van der Waals surface area contributed by atoms with Crippen molar-refractivity contribution in [2.24, 2.45) is 0 Å². The van der Waals surface area contributed by atoms with E-state index in [4.69, 9.17) is 0 Å². The Morgan fingerprint density at radius 1 is 1.43 bits per heavy atom. The second-order valence-electron chi connectivity index (χ2n) is 4.17. The van der Waals surface area contributed by atoms with E-state index < -0.39 is 0 Å². The normalized spacial score (nSPS) is 30.9. The Morgan fingerprint density at radius 3 is 2.79 bits per heavy atom. The van der Waals surface area contributed by atoms with E-state index in [1.807, 2.05) is 25.1 Å². The highest BCUT2D eigenvalue weighted by molar-refractivity contribution is 5.28. The number of benzene rings is 1. The number of hydrogen-bond acceptors (Lipinski definition) is 1. The summed E-state index contributed by atoms with van der Waals surface area (Å²) in [4.78, 5) is 0. The van der Waals surface area contributed by atoms with Crippen molar-refractivity contribution in [2.75, 3.05) is 0 Å². The van der Waals surface area contributed by atoms with Crippen LogP contribution in [0.2, 0.25) is 0 Å². The summed E-state index contributed by atoms with van der Waals surface area (Å²) in [6, 6.07) is 8.21. The fraction of sp³-hybridized carbons (Fsp3) is 0.333. The Bertz CT molecular complexity index is 372. The van der Waals surface area contributed by atoms with Crippen molar-refractivity contribution < 1.29 is 5.06 Å². The number of nitrogens with one attached hydrogen (secondary N) is 1. The molecule has 1 aromatic carbocycles. The fourth-order valence-electron chi connectivity index (χ4n) is 1.93. The van der Waals surface area contributed by atoms with Crippen molar-refractivity contribution in [2.45, 2.75) is 25.8 Å². The van der Waals surface area contributed by atoms with E-state index in [0.29, 0.717) is 0 Å². The standard InChI is InChI=1S/C12H15NO/c1-10-5-3-6-11(9-10)12(2)7-4-8-13(12)14/h3-6,8-9,13H,7H2,1-2H3. The molecule has 1 aromatic rings. The average molecular weight is 189 g/mol. The van der Waals surface area contributed by atoms with Gasteiger partial charge >= 0.3 is 0 Å². The van der Waals surface area contributed by atoms with Gasteiger partial charge in [0, 0.05) is 12.0 Å². The molecule has 74 valence electrons. The zero-order chi connectivity index (χ0) is 10.2. The summed E-state index contributed by atoms with van der Waals surface area (Å²) in [6.07, 6.45) is 4.49. The van der Waals surface area contributed by atoms with Crippen LogP contribution in [0.25, 0.3) is 0 Å². The topological polar surface area (TPSA) is 27.5 Å². The maximum absolute atomic E-state index is 11.7. The Kier molecular flexibility index (Phi) is 2.17. The molecule has 2 heteroatoms. The van der Waals surface area contributed by atoms with Gasteiger partial charge in [0.25, 0.3) is 0 Å². The maximum atomic E-state index is 11.7. The largest absolute Gasteiger partial charge is 0.629 e. The van der Waals surface area contributed by atoms with E-state index in [-0.39, 0.29) is 10.6 Å². The van der Waals surface area contributed by atoms with Gasteiger partial charge in [0.2, 0.25) is 0 Å². The molecule has 0 spiro atoms. The summed E-state index contributed by atoms with van der Waals surface area (Å²) < 4.78 is 0. The first kappa shape index (κ1) is 9.44. The van der Waals surface area contributed by atoms with Gasteiger partial charge in [-0.05, 0) is 26.0 Å². The minimum absolute atomic E-state index is 0.225. The lowest BCUT2D eigenvalue weighted by Crippen LogP contribution is -3.08. The van der Waals surface area contributed by atoms with Gasteiger partial charge in [0.1, 0.15) is 5.54 Å². The molecule has 1 aliphatic rings. The monoisotopic (exact) mass is 189 g/mol. The summed E-state index contributed by atoms with van der Waals surface area (Å²) in [5.41, 5.74) is 2.03. The van der Waals surface area contributed by atoms with E-state index in [2.05, 4.69) is 19.1 Å². The number of rotatable bonds is 1. The molecule has 0 amide bonds. The van der Waals surface area contributed by atoms with Crippen molar-refractivity contribution >= 4 is 0 Å². The van der Waals surface area contributed by atoms with E-state index in [0.717, 1.165) is 12.0 Å². The predicted molar refractivity (Wildman–Crippen MR) is 56.6 cm³/mol. The maximum Gasteiger partial charge on any atom is 0.128 e. The summed E-state index contributed by atoms with van der Waals surface area (Å²) in [7, 11) is 0. The lowest BCUT2D eigenvalue weighted by molar-refractivity contribution is -0.853. The van der Waals surface area contributed by atoms with Gasteiger partial charge in [0.15, 0.2) is 0 Å². The Hall–Kier alpha value is -1.12. The molecular formula is C12H15NO. The molecule has 1 N–H and O–H groups in total. The van der Waals surface area contributed by atoms with Crippen LogP contribution < -0.4 is 5.06 Å².